The van der Waals surface area contributed by atoms with Crippen LogP contribution in [0.25, 0.3) is 11.4 Å². The van der Waals surface area contributed by atoms with Crippen LogP contribution in [0.3, 0.4) is 0 Å². The van der Waals surface area contributed by atoms with Gasteiger partial charge in [-0.15, -0.1) is 0 Å². The van der Waals surface area contributed by atoms with Crippen LogP contribution >= 0.6 is 0 Å². The Morgan fingerprint density at radius 2 is 1.85 bits per heavy atom. The molecular formula is C21H28N4O2. The lowest BCUT2D eigenvalue weighted by Crippen LogP contribution is -2.53. The van der Waals surface area contributed by atoms with Gasteiger partial charge in [0.2, 0.25) is 5.91 Å². The number of amides is 2. The summed E-state index contributed by atoms with van der Waals surface area (Å²) in [6, 6.07) is 9.30. The Bertz CT molecular complexity index is 834. The smallest absolute Gasteiger partial charge is 0.272 e. The minimum Gasteiger partial charge on any atom is -0.357 e. The molecule has 1 aromatic heterocycles. The maximum Gasteiger partial charge on any atom is 0.272 e. The van der Waals surface area contributed by atoms with Gasteiger partial charge in [0.25, 0.3) is 5.91 Å². The molecule has 2 heterocycles. The van der Waals surface area contributed by atoms with Crippen LogP contribution < -0.4 is 10.6 Å². The number of aromatic nitrogens is 2. The van der Waals surface area contributed by atoms with Gasteiger partial charge in [-0.25, -0.2) is 4.98 Å². The number of hydrogen-bond acceptors (Lipinski definition) is 3. The zero-order chi connectivity index (χ0) is 19.6. The largest absolute Gasteiger partial charge is 0.357 e. The van der Waals surface area contributed by atoms with Gasteiger partial charge in [-0.05, 0) is 24.7 Å². The minimum atomic E-state index is -0.629. The van der Waals surface area contributed by atoms with Gasteiger partial charge in [-0.1, -0.05) is 51.1 Å². The van der Waals surface area contributed by atoms with Crippen molar-refractivity contribution in [3.63, 3.8) is 0 Å². The minimum absolute atomic E-state index is 0.202. The highest BCUT2D eigenvalue weighted by Gasteiger charge is 2.34. The molecule has 2 amide bonds. The summed E-state index contributed by atoms with van der Waals surface area (Å²) >= 11 is 0. The Morgan fingerprint density at radius 3 is 2.48 bits per heavy atom. The average molecular weight is 368 g/mol. The van der Waals surface area contributed by atoms with E-state index in [0.717, 1.165) is 42.9 Å². The van der Waals surface area contributed by atoms with Crippen LogP contribution in [-0.4, -0.2) is 34.5 Å². The predicted octanol–water partition coefficient (Wildman–Crippen LogP) is 2.78. The van der Waals surface area contributed by atoms with Crippen molar-refractivity contribution >= 4 is 11.8 Å². The van der Waals surface area contributed by atoms with E-state index in [2.05, 4.69) is 15.2 Å². The Labute approximate surface area is 160 Å². The summed E-state index contributed by atoms with van der Waals surface area (Å²) in [5.41, 5.74) is 1.99. The van der Waals surface area contributed by atoms with E-state index >= 15 is 0 Å². The lowest BCUT2D eigenvalue weighted by molar-refractivity contribution is -0.124. The number of carbonyl (C=O) groups is 2. The van der Waals surface area contributed by atoms with Crippen molar-refractivity contribution in [2.75, 3.05) is 7.05 Å². The van der Waals surface area contributed by atoms with E-state index in [1.165, 1.54) is 0 Å². The second-order valence-corrected chi connectivity index (χ2v) is 8.09. The highest BCUT2D eigenvalue weighted by molar-refractivity contribution is 5.97. The van der Waals surface area contributed by atoms with E-state index in [1.807, 2.05) is 51.1 Å². The molecule has 1 atom stereocenters. The van der Waals surface area contributed by atoms with Crippen molar-refractivity contribution in [3.8, 4) is 11.4 Å². The first-order chi connectivity index (χ1) is 12.8. The van der Waals surface area contributed by atoms with E-state index in [4.69, 9.17) is 4.98 Å². The van der Waals surface area contributed by atoms with E-state index < -0.39 is 11.5 Å². The number of rotatable bonds is 4. The van der Waals surface area contributed by atoms with Gasteiger partial charge < -0.3 is 15.2 Å². The molecule has 27 heavy (non-hydrogen) atoms. The summed E-state index contributed by atoms with van der Waals surface area (Å²) in [5.74, 6) is 0.335. The molecule has 0 saturated carbocycles. The molecule has 0 saturated heterocycles. The second kappa shape index (κ2) is 7.55. The lowest BCUT2D eigenvalue weighted by atomic mass is 9.86. The van der Waals surface area contributed by atoms with Crippen molar-refractivity contribution in [2.24, 2.45) is 5.41 Å². The third-order valence-electron chi connectivity index (χ3n) is 5.01. The number of likely N-dealkylation sites (N-methyl/N-ethyl adjacent to an activating group) is 1. The summed E-state index contributed by atoms with van der Waals surface area (Å²) in [6.07, 6.45) is 2.94. The number of nitrogens with one attached hydrogen (secondary N) is 2. The molecule has 0 bridgehead atoms. The zero-order valence-corrected chi connectivity index (χ0v) is 16.5. The molecular weight excluding hydrogens is 340 g/mol. The number of nitrogens with zero attached hydrogens (tertiary/aromatic N) is 2. The van der Waals surface area contributed by atoms with Gasteiger partial charge >= 0.3 is 0 Å². The first-order valence-electron chi connectivity index (χ1n) is 9.50. The maximum absolute atomic E-state index is 13.1. The molecule has 1 aromatic carbocycles. The summed E-state index contributed by atoms with van der Waals surface area (Å²) in [4.78, 5) is 30.1. The van der Waals surface area contributed by atoms with Crippen molar-refractivity contribution in [2.45, 2.75) is 52.6 Å². The third-order valence-corrected chi connectivity index (χ3v) is 5.01. The molecule has 0 unspecified atom stereocenters. The van der Waals surface area contributed by atoms with Crippen LogP contribution in [0.15, 0.2) is 30.3 Å². The quantitative estimate of drug-likeness (QED) is 0.871. The zero-order valence-electron chi connectivity index (χ0n) is 16.5. The van der Waals surface area contributed by atoms with E-state index in [1.54, 1.807) is 7.05 Å². The first kappa shape index (κ1) is 19.1. The normalized spacial score (nSPS) is 15.0. The topological polar surface area (TPSA) is 76.0 Å². The first-order valence-corrected chi connectivity index (χ1v) is 9.50. The number of fused-ring (bicyclic) bond motifs is 1. The molecule has 6 heteroatoms. The molecule has 1 aliphatic rings. The molecule has 144 valence electrons. The summed E-state index contributed by atoms with van der Waals surface area (Å²) < 4.78 is 2.15. The van der Waals surface area contributed by atoms with Crippen LogP contribution in [-0.2, 0) is 17.8 Å². The Morgan fingerprint density at radius 1 is 1.15 bits per heavy atom. The molecule has 2 aromatic rings. The van der Waals surface area contributed by atoms with Gasteiger partial charge in [-0.3, -0.25) is 9.59 Å². The second-order valence-electron chi connectivity index (χ2n) is 8.09. The van der Waals surface area contributed by atoms with Crippen molar-refractivity contribution in [1.82, 2.24) is 20.2 Å². The molecule has 0 aliphatic carbocycles. The summed E-state index contributed by atoms with van der Waals surface area (Å²) in [6.45, 7) is 6.67. The van der Waals surface area contributed by atoms with Crippen molar-refractivity contribution < 1.29 is 9.59 Å². The molecule has 0 spiro atoms. The van der Waals surface area contributed by atoms with Gasteiger partial charge in [0.1, 0.15) is 17.6 Å². The number of hydrogen-bond donors (Lipinski definition) is 2. The number of carbonyl (C=O) groups excluding carboxylic acids is 2. The fourth-order valence-electron chi connectivity index (χ4n) is 3.55. The van der Waals surface area contributed by atoms with Gasteiger partial charge in [0.05, 0.1) is 5.69 Å². The average Bonchev–Trinajstić information content (AvgIpc) is 3.05. The fraction of sp³-hybridized carbons (Fsp3) is 0.476. The van der Waals surface area contributed by atoms with E-state index in [0.29, 0.717) is 5.69 Å². The van der Waals surface area contributed by atoms with Crippen molar-refractivity contribution in [3.05, 3.63) is 41.7 Å². The highest BCUT2D eigenvalue weighted by Crippen LogP contribution is 2.28. The van der Waals surface area contributed by atoms with Crippen LogP contribution in [0.1, 0.15) is 49.8 Å². The third kappa shape index (κ3) is 3.89. The Balaban J connectivity index is 1.98. The van der Waals surface area contributed by atoms with Crippen LogP contribution in [0.5, 0.6) is 0 Å². The Hall–Kier alpha value is -2.63. The Kier molecular flexibility index (Phi) is 5.35. The molecule has 1 aliphatic heterocycles. The monoisotopic (exact) mass is 368 g/mol. The predicted molar refractivity (Wildman–Crippen MR) is 105 cm³/mol. The molecule has 0 radical (unpaired) electrons. The summed E-state index contributed by atoms with van der Waals surface area (Å²) in [7, 11) is 1.58. The molecule has 3 rings (SSSR count). The van der Waals surface area contributed by atoms with Crippen LogP contribution in [0.2, 0.25) is 0 Å². The van der Waals surface area contributed by atoms with Gasteiger partial charge in [0.15, 0.2) is 0 Å². The molecule has 6 nitrogen and oxygen atoms in total. The van der Waals surface area contributed by atoms with E-state index in [-0.39, 0.29) is 11.8 Å². The van der Waals surface area contributed by atoms with Gasteiger partial charge in [-0.2, -0.15) is 0 Å². The number of imidazole rings is 1. The summed E-state index contributed by atoms with van der Waals surface area (Å²) in [5, 5.41) is 5.55. The van der Waals surface area contributed by atoms with Crippen molar-refractivity contribution in [1.29, 1.82) is 0 Å². The standard InChI is InChI=1S/C21H28N4O2/c1-21(2,3)17(20(27)22-4)24-19(26)16-15-12-8-9-13-25(15)18(23-16)14-10-6-5-7-11-14/h5-7,10-11,17H,8-9,12-13H2,1-4H3,(H,22,27)(H,24,26)/t17-/m1/s1. The maximum atomic E-state index is 13.1. The van der Waals surface area contributed by atoms with Crippen LogP contribution in [0, 0.1) is 5.41 Å². The lowest BCUT2D eigenvalue weighted by Gasteiger charge is -2.29. The van der Waals surface area contributed by atoms with Crippen LogP contribution in [0.4, 0.5) is 0 Å². The fourth-order valence-corrected chi connectivity index (χ4v) is 3.55. The van der Waals surface area contributed by atoms with Gasteiger partial charge in [0, 0.05) is 19.2 Å². The molecule has 2 N–H and O–H groups in total. The number of benzene rings is 1. The highest BCUT2D eigenvalue weighted by atomic mass is 16.2. The molecule has 0 fully saturated rings. The van der Waals surface area contributed by atoms with E-state index in [9.17, 15) is 9.59 Å². The SMILES string of the molecule is CNC(=O)[C@@H](NC(=O)c1nc(-c2ccccc2)n2c1CCCC2)C(C)(C)C.